The van der Waals surface area contributed by atoms with Crippen molar-refractivity contribution in [3.63, 3.8) is 0 Å². The fourth-order valence-corrected chi connectivity index (χ4v) is 2.32. The molecule has 0 aliphatic rings. The normalized spacial score (nSPS) is 13.7. The van der Waals surface area contributed by atoms with Crippen LogP contribution in [0.5, 0.6) is 0 Å². The van der Waals surface area contributed by atoms with E-state index in [2.05, 4.69) is 37.2 Å². The van der Waals surface area contributed by atoms with Gasteiger partial charge in [0.05, 0.1) is 6.33 Å². The van der Waals surface area contributed by atoms with Gasteiger partial charge in [-0.1, -0.05) is 27.7 Å². The van der Waals surface area contributed by atoms with Crippen LogP contribution in [0.15, 0.2) is 12.5 Å². The summed E-state index contributed by atoms with van der Waals surface area (Å²) >= 11 is 0. The number of imidazole rings is 1. The summed E-state index contributed by atoms with van der Waals surface area (Å²) in [7, 11) is 0. The van der Waals surface area contributed by atoms with E-state index >= 15 is 0 Å². The largest absolute Gasteiger partial charge is 0.330 e. The molecule has 16 heavy (non-hydrogen) atoms. The maximum absolute atomic E-state index is 5.87. The molecule has 0 fully saturated rings. The zero-order valence-corrected chi connectivity index (χ0v) is 11.0. The first-order chi connectivity index (χ1) is 7.65. The molecule has 1 rings (SSSR count). The standard InChI is InChI=1S/C13H25N3/c1-5-11(6-2)13-8-15-9-16(13)12(7-14)10(3)4/h8-12H,5-7,14H2,1-4H3. The summed E-state index contributed by atoms with van der Waals surface area (Å²) in [6.07, 6.45) is 6.27. The van der Waals surface area contributed by atoms with Crippen LogP contribution in [0.2, 0.25) is 0 Å². The summed E-state index contributed by atoms with van der Waals surface area (Å²) in [5, 5.41) is 0. The molecule has 0 saturated carbocycles. The highest BCUT2D eigenvalue weighted by atomic mass is 15.1. The Hall–Kier alpha value is -0.830. The summed E-state index contributed by atoms with van der Waals surface area (Å²) in [6, 6.07) is 0.373. The minimum absolute atomic E-state index is 0.373. The second-order valence-electron chi connectivity index (χ2n) is 4.79. The van der Waals surface area contributed by atoms with Crippen LogP contribution in [0, 0.1) is 5.92 Å². The van der Waals surface area contributed by atoms with E-state index in [4.69, 9.17) is 5.73 Å². The molecule has 1 unspecified atom stereocenters. The van der Waals surface area contributed by atoms with Gasteiger partial charge in [0, 0.05) is 30.4 Å². The highest BCUT2D eigenvalue weighted by Crippen LogP contribution is 2.27. The summed E-state index contributed by atoms with van der Waals surface area (Å²) in [5.41, 5.74) is 7.21. The van der Waals surface area contributed by atoms with Crippen molar-refractivity contribution in [1.29, 1.82) is 0 Å². The molecule has 3 heteroatoms. The summed E-state index contributed by atoms with van der Waals surface area (Å²) in [5.74, 6) is 1.16. The molecule has 1 aromatic rings. The van der Waals surface area contributed by atoms with E-state index in [0.717, 1.165) is 12.8 Å². The van der Waals surface area contributed by atoms with Crippen molar-refractivity contribution < 1.29 is 0 Å². The van der Waals surface area contributed by atoms with Gasteiger partial charge in [0.2, 0.25) is 0 Å². The van der Waals surface area contributed by atoms with E-state index in [9.17, 15) is 0 Å². The Kier molecular flexibility index (Phi) is 5.00. The highest BCUT2D eigenvalue weighted by Gasteiger charge is 2.19. The average Bonchev–Trinajstić information content (AvgIpc) is 2.70. The fraction of sp³-hybridized carbons (Fsp3) is 0.769. The molecule has 0 saturated heterocycles. The Morgan fingerprint density at radius 3 is 2.38 bits per heavy atom. The maximum Gasteiger partial charge on any atom is 0.0951 e. The molecule has 0 aliphatic heterocycles. The van der Waals surface area contributed by atoms with Gasteiger partial charge >= 0.3 is 0 Å². The molecule has 92 valence electrons. The van der Waals surface area contributed by atoms with Crippen LogP contribution >= 0.6 is 0 Å². The molecular formula is C13H25N3. The Morgan fingerprint density at radius 2 is 1.94 bits per heavy atom. The molecule has 0 spiro atoms. The van der Waals surface area contributed by atoms with Crippen LogP contribution in [0.25, 0.3) is 0 Å². The van der Waals surface area contributed by atoms with Crippen LogP contribution in [-0.2, 0) is 0 Å². The summed E-state index contributed by atoms with van der Waals surface area (Å²) in [6.45, 7) is 9.58. The number of nitrogens with two attached hydrogens (primary N) is 1. The summed E-state index contributed by atoms with van der Waals surface area (Å²) in [4.78, 5) is 4.30. The van der Waals surface area contributed by atoms with Crippen molar-refractivity contribution in [3.8, 4) is 0 Å². The second-order valence-corrected chi connectivity index (χ2v) is 4.79. The molecule has 1 atom stereocenters. The maximum atomic E-state index is 5.87. The lowest BCUT2D eigenvalue weighted by atomic mass is 9.97. The lowest BCUT2D eigenvalue weighted by Crippen LogP contribution is -2.25. The van der Waals surface area contributed by atoms with Gasteiger partial charge in [-0.3, -0.25) is 0 Å². The molecule has 0 amide bonds. The molecular weight excluding hydrogens is 198 g/mol. The van der Waals surface area contributed by atoms with Crippen LogP contribution < -0.4 is 5.73 Å². The van der Waals surface area contributed by atoms with Crippen molar-refractivity contribution in [2.24, 2.45) is 11.7 Å². The number of hydrogen-bond acceptors (Lipinski definition) is 2. The van der Waals surface area contributed by atoms with Crippen LogP contribution in [0.1, 0.15) is 58.2 Å². The van der Waals surface area contributed by atoms with Crippen molar-refractivity contribution in [2.45, 2.75) is 52.5 Å². The van der Waals surface area contributed by atoms with Gasteiger partial charge in [0.15, 0.2) is 0 Å². The summed E-state index contributed by atoms with van der Waals surface area (Å²) < 4.78 is 2.28. The van der Waals surface area contributed by atoms with E-state index in [1.54, 1.807) is 0 Å². The molecule has 3 nitrogen and oxygen atoms in total. The Morgan fingerprint density at radius 1 is 1.31 bits per heavy atom. The van der Waals surface area contributed by atoms with Crippen molar-refractivity contribution in [1.82, 2.24) is 9.55 Å². The minimum atomic E-state index is 0.373. The molecule has 2 N–H and O–H groups in total. The van der Waals surface area contributed by atoms with E-state index < -0.39 is 0 Å². The predicted octanol–water partition coefficient (Wildman–Crippen LogP) is 2.94. The van der Waals surface area contributed by atoms with Crippen molar-refractivity contribution >= 4 is 0 Å². The third-order valence-electron chi connectivity index (χ3n) is 3.47. The highest BCUT2D eigenvalue weighted by molar-refractivity contribution is 5.08. The number of hydrogen-bond donors (Lipinski definition) is 1. The van der Waals surface area contributed by atoms with Gasteiger partial charge in [0.25, 0.3) is 0 Å². The van der Waals surface area contributed by atoms with Crippen LogP contribution in [0.3, 0.4) is 0 Å². The van der Waals surface area contributed by atoms with Gasteiger partial charge in [-0.05, 0) is 18.8 Å². The van der Waals surface area contributed by atoms with Crippen LogP contribution in [0.4, 0.5) is 0 Å². The number of nitrogens with zero attached hydrogens (tertiary/aromatic N) is 2. The van der Waals surface area contributed by atoms with E-state index in [-0.39, 0.29) is 0 Å². The zero-order valence-electron chi connectivity index (χ0n) is 11.0. The predicted molar refractivity (Wildman–Crippen MR) is 68.5 cm³/mol. The Balaban J connectivity index is 3.00. The molecule has 0 bridgehead atoms. The third-order valence-corrected chi connectivity index (χ3v) is 3.47. The van der Waals surface area contributed by atoms with Gasteiger partial charge in [-0.2, -0.15) is 0 Å². The van der Waals surface area contributed by atoms with Crippen LogP contribution in [-0.4, -0.2) is 16.1 Å². The third kappa shape index (κ3) is 2.64. The Bertz CT molecular complexity index is 300. The lowest BCUT2D eigenvalue weighted by Gasteiger charge is -2.25. The Labute approximate surface area is 99.1 Å². The van der Waals surface area contributed by atoms with Crippen molar-refractivity contribution in [2.75, 3.05) is 6.54 Å². The second kappa shape index (κ2) is 6.04. The van der Waals surface area contributed by atoms with E-state index in [0.29, 0.717) is 24.4 Å². The van der Waals surface area contributed by atoms with Crippen molar-refractivity contribution in [3.05, 3.63) is 18.2 Å². The first-order valence-electron chi connectivity index (χ1n) is 6.37. The number of rotatable bonds is 6. The topological polar surface area (TPSA) is 43.8 Å². The quantitative estimate of drug-likeness (QED) is 0.805. The zero-order chi connectivity index (χ0) is 12.1. The first kappa shape index (κ1) is 13.2. The molecule has 0 radical (unpaired) electrons. The van der Waals surface area contributed by atoms with Gasteiger partial charge in [-0.25, -0.2) is 4.98 Å². The number of aromatic nitrogens is 2. The van der Waals surface area contributed by atoms with E-state index in [1.165, 1.54) is 5.69 Å². The first-order valence-corrected chi connectivity index (χ1v) is 6.37. The van der Waals surface area contributed by atoms with Gasteiger partial charge < -0.3 is 10.3 Å². The molecule has 1 heterocycles. The van der Waals surface area contributed by atoms with E-state index in [1.807, 2.05) is 12.5 Å². The lowest BCUT2D eigenvalue weighted by molar-refractivity contribution is 0.367. The smallest absolute Gasteiger partial charge is 0.0951 e. The fourth-order valence-electron chi connectivity index (χ4n) is 2.32. The SMILES string of the molecule is CCC(CC)c1cncn1C(CN)C(C)C. The minimum Gasteiger partial charge on any atom is -0.330 e. The average molecular weight is 223 g/mol. The molecule has 0 aromatic carbocycles. The van der Waals surface area contributed by atoms with Gasteiger partial charge in [0.1, 0.15) is 0 Å². The molecule has 0 aliphatic carbocycles. The van der Waals surface area contributed by atoms with Gasteiger partial charge in [-0.15, -0.1) is 0 Å². The molecule has 1 aromatic heterocycles. The monoisotopic (exact) mass is 223 g/mol.